The van der Waals surface area contributed by atoms with Crippen LogP contribution in [0.15, 0.2) is 36.4 Å². The van der Waals surface area contributed by atoms with E-state index in [9.17, 15) is 12.9 Å². The minimum absolute atomic E-state index is 1.08. The Kier molecular flexibility index (Phi) is 15.4. The molecule has 16 heavy (non-hydrogen) atoms. The normalized spacial score (nSPS) is 11.6. The average molecular weight is 232 g/mol. The van der Waals surface area contributed by atoms with Crippen LogP contribution in [0.5, 0.6) is 0 Å². The highest BCUT2D eigenvalue weighted by molar-refractivity contribution is 6.33. The zero-order valence-corrected chi connectivity index (χ0v) is 10.2. The fourth-order valence-corrected chi connectivity index (χ4v) is 0.552. The van der Waals surface area contributed by atoms with Gasteiger partial charge in [-0.05, 0) is 5.92 Å². The monoisotopic (exact) mass is 232 g/mol. The molecular formula is C12H20BF3. The predicted octanol–water partition coefficient (Wildman–Crippen LogP) is 5.01. The molecule has 4 heteroatoms. The Labute approximate surface area is 97.1 Å². The lowest BCUT2D eigenvalue weighted by Crippen LogP contribution is -1.76. The van der Waals surface area contributed by atoms with Crippen LogP contribution in [-0.2, 0) is 0 Å². The lowest BCUT2D eigenvalue weighted by molar-refractivity contribution is 0.535. The summed E-state index contributed by atoms with van der Waals surface area (Å²) in [5.74, 6) is 1.08. The van der Waals surface area contributed by atoms with Crippen LogP contribution < -0.4 is 0 Å². The van der Waals surface area contributed by atoms with Crippen LogP contribution in [0, 0.1) is 5.92 Å². The van der Waals surface area contributed by atoms with E-state index < -0.39 is 7.54 Å². The standard InChI is InChI=1S/C6H6.C4H8.C2H6.BF3/c1-2-4-6-5-3-1;1-4-2-3-4;1-2;2-1(3)4/h1-6H;4H,2-3H2,1H3;1-2H3;. The van der Waals surface area contributed by atoms with Crippen molar-refractivity contribution in [1.29, 1.82) is 0 Å². The molecule has 0 heterocycles. The second-order valence-corrected chi connectivity index (χ2v) is 3.08. The lowest BCUT2D eigenvalue weighted by Gasteiger charge is -1.69. The third kappa shape index (κ3) is 29.2. The van der Waals surface area contributed by atoms with E-state index in [4.69, 9.17) is 0 Å². The van der Waals surface area contributed by atoms with Crippen molar-refractivity contribution in [3.8, 4) is 0 Å². The van der Waals surface area contributed by atoms with Crippen molar-refractivity contribution < 1.29 is 12.9 Å². The van der Waals surface area contributed by atoms with E-state index in [0.29, 0.717) is 0 Å². The van der Waals surface area contributed by atoms with E-state index in [-0.39, 0.29) is 0 Å². The Morgan fingerprint density at radius 2 is 0.938 bits per heavy atom. The quantitative estimate of drug-likeness (QED) is 0.551. The number of benzene rings is 1. The molecule has 1 aromatic rings. The molecule has 1 aromatic carbocycles. The largest absolute Gasteiger partial charge is 0.762 e. The topological polar surface area (TPSA) is 0 Å². The van der Waals surface area contributed by atoms with Gasteiger partial charge in [0.1, 0.15) is 0 Å². The van der Waals surface area contributed by atoms with Gasteiger partial charge in [0.2, 0.25) is 0 Å². The maximum atomic E-state index is 9.67. The van der Waals surface area contributed by atoms with E-state index in [2.05, 4.69) is 6.92 Å². The highest BCUT2D eigenvalue weighted by atomic mass is 19.4. The molecule has 0 bridgehead atoms. The molecule has 0 aromatic heterocycles. The van der Waals surface area contributed by atoms with Gasteiger partial charge in [0.15, 0.2) is 0 Å². The molecule has 1 aliphatic rings. The molecule has 0 saturated heterocycles. The Morgan fingerprint density at radius 3 is 1.00 bits per heavy atom. The van der Waals surface area contributed by atoms with Gasteiger partial charge in [0, 0.05) is 0 Å². The third-order valence-corrected chi connectivity index (χ3v) is 1.53. The Morgan fingerprint density at radius 1 is 0.812 bits per heavy atom. The predicted molar refractivity (Wildman–Crippen MR) is 65.3 cm³/mol. The third-order valence-electron chi connectivity index (χ3n) is 1.53. The van der Waals surface area contributed by atoms with Crippen LogP contribution in [0.1, 0.15) is 33.6 Å². The molecule has 1 fully saturated rings. The number of hydrogen-bond donors (Lipinski definition) is 0. The molecule has 0 amide bonds. The SMILES string of the molecule is CC.CC1CC1.FB(F)F.c1ccccc1. The maximum Gasteiger partial charge on any atom is 0.762 e. The van der Waals surface area contributed by atoms with Gasteiger partial charge in [0.05, 0.1) is 0 Å². The molecule has 1 aliphatic carbocycles. The van der Waals surface area contributed by atoms with Crippen LogP contribution in [0.3, 0.4) is 0 Å². The van der Waals surface area contributed by atoms with Crippen LogP contribution in [0.25, 0.3) is 0 Å². The number of rotatable bonds is 0. The summed E-state index contributed by atoms with van der Waals surface area (Å²) in [5, 5.41) is 0. The first-order valence-corrected chi connectivity index (χ1v) is 5.55. The van der Waals surface area contributed by atoms with Gasteiger partial charge in [-0.1, -0.05) is 70.0 Å². The van der Waals surface area contributed by atoms with Crippen molar-refractivity contribution in [3.05, 3.63) is 36.4 Å². The van der Waals surface area contributed by atoms with E-state index in [1.807, 2.05) is 50.2 Å². The summed E-state index contributed by atoms with van der Waals surface area (Å²) in [7, 11) is -3.67. The van der Waals surface area contributed by atoms with Gasteiger partial charge in [0.25, 0.3) is 0 Å². The first-order valence-electron chi connectivity index (χ1n) is 5.55. The summed E-state index contributed by atoms with van der Waals surface area (Å²) in [6.45, 7) is 6.28. The van der Waals surface area contributed by atoms with Crippen LogP contribution >= 0.6 is 0 Å². The smallest absolute Gasteiger partial charge is 0.254 e. The molecule has 0 atom stereocenters. The van der Waals surface area contributed by atoms with E-state index in [1.165, 1.54) is 12.8 Å². The van der Waals surface area contributed by atoms with Crippen LogP contribution in [-0.4, -0.2) is 7.54 Å². The van der Waals surface area contributed by atoms with Crippen LogP contribution in [0.4, 0.5) is 12.9 Å². The highest BCUT2D eigenvalue weighted by Gasteiger charge is 2.12. The van der Waals surface area contributed by atoms with Gasteiger partial charge in [-0.3, -0.25) is 12.9 Å². The van der Waals surface area contributed by atoms with E-state index in [0.717, 1.165) is 5.92 Å². The number of hydrogen-bond acceptors (Lipinski definition) is 0. The Hall–Kier alpha value is -0.925. The zero-order valence-electron chi connectivity index (χ0n) is 10.2. The summed E-state index contributed by atoms with van der Waals surface area (Å²) in [4.78, 5) is 0. The fraction of sp³-hybridized carbons (Fsp3) is 0.500. The Bertz CT molecular complexity index is 171. The first-order chi connectivity index (χ1) is 7.63. The molecule has 0 radical (unpaired) electrons. The van der Waals surface area contributed by atoms with Gasteiger partial charge in [-0.15, -0.1) is 0 Å². The molecule has 0 spiro atoms. The fourth-order valence-electron chi connectivity index (χ4n) is 0.552. The molecule has 0 unspecified atom stereocenters. The Balaban J connectivity index is 0. The lowest BCUT2D eigenvalue weighted by atomic mass is 10.4. The highest BCUT2D eigenvalue weighted by Crippen LogP contribution is 2.26. The maximum absolute atomic E-state index is 9.67. The number of halogens is 3. The average Bonchev–Trinajstić information content (AvgIpc) is 3.06. The summed E-state index contributed by atoms with van der Waals surface area (Å²) < 4.78 is 29.0. The van der Waals surface area contributed by atoms with Crippen LogP contribution in [0.2, 0.25) is 0 Å². The second-order valence-electron chi connectivity index (χ2n) is 3.08. The van der Waals surface area contributed by atoms with Gasteiger partial charge in [-0.25, -0.2) is 0 Å². The van der Waals surface area contributed by atoms with Crippen molar-refractivity contribution >= 4 is 7.54 Å². The van der Waals surface area contributed by atoms with Crippen molar-refractivity contribution in [2.45, 2.75) is 33.6 Å². The minimum Gasteiger partial charge on any atom is -0.254 e. The van der Waals surface area contributed by atoms with E-state index >= 15 is 0 Å². The van der Waals surface area contributed by atoms with E-state index in [1.54, 1.807) is 0 Å². The van der Waals surface area contributed by atoms with Crippen molar-refractivity contribution in [2.24, 2.45) is 5.92 Å². The molecule has 0 aliphatic heterocycles. The zero-order chi connectivity index (χ0) is 12.8. The summed E-state index contributed by atoms with van der Waals surface area (Å²) in [6, 6.07) is 12.0. The molecule has 0 N–H and O–H groups in total. The summed E-state index contributed by atoms with van der Waals surface area (Å²) in [6.07, 6.45) is 2.97. The minimum atomic E-state index is -3.67. The van der Waals surface area contributed by atoms with Gasteiger partial charge >= 0.3 is 7.54 Å². The summed E-state index contributed by atoms with van der Waals surface area (Å²) >= 11 is 0. The molecule has 92 valence electrons. The second kappa shape index (κ2) is 14.1. The molecule has 1 saturated carbocycles. The van der Waals surface area contributed by atoms with Gasteiger partial charge < -0.3 is 0 Å². The first kappa shape index (κ1) is 17.5. The molecular weight excluding hydrogens is 212 g/mol. The van der Waals surface area contributed by atoms with Crippen molar-refractivity contribution in [3.63, 3.8) is 0 Å². The van der Waals surface area contributed by atoms with Crippen molar-refractivity contribution in [1.82, 2.24) is 0 Å². The summed E-state index contributed by atoms with van der Waals surface area (Å²) in [5.41, 5.74) is 0. The molecule has 0 nitrogen and oxygen atoms in total. The molecule has 2 rings (SSSR count). The van der Waals surface area contributed by atoms with Gasteiger partial charge in [-0.2, -0.15) is 0 Å². The van der Waals surface area contributed by atoms with Crippen molar-refractivity contribution in [2.75, 3.05) is 0 Å².